The summed E-state index contributed by atoms with van der Waals surface area (Å²) in [6, 6.07) is 20.1. The molecule has 0 aromatic heterocycles. The molecule has 4 rings (SSSR count). The van der Waals surface area contributed by atoms with Crippen LogP contribution in [-0.2, 0) is 14.3 Å². The van der Waals surface area contributed by atoms with Gasteiger partial charge in [-0.3, -0.25) is 10.1 Å². The Kier molecular flexibility index (Phi) is 12.5. The first kappa shape index (κ1) is 34.3. The molecule has 0 heterocycles. The van der Waals surface area contributed by atoms with Gasteiger partial charge in [-0.05, 0) is 73.7 Å². The van der Waals surface area contributed by atoms with E-state index < -0.39 is 23.0 Å². The number of carbonyl (C=O) groups excluding carboxylic acids is 2. The number of methoxy groups -OCH3 is 2. The van der Waals surface area contributed by atoms with Crippen molar-refractivity contribution < 1.29 is 38.2 Å². The Bertz CT molecular complexity index is 1650. The van der Waals surface area contributed by atoms with Gasteiger partial charge in [0.15, 0.2) is 6.10 Å². The van der Waals surface area contributed by atoms with Crippen LogP contribution in [0.15, 0.2) is 78.9 Å². The van der Waals surface area contributed by atoms with Crippen LogP contribution in [0, 0.1) is 10.1 Å². The fraction of sp³-hybridized carbons (Fsp3) is 0.133. The summed E-state index contributed by atoms with van der Waals surface area (Å²) in [5, 5.41) is 12.6. The Balaban J connectivity index is 0.000000240. The average Bonchev–Trinajstić information content (AvgIpc) is 3.00. The molecule has 1 atom stereocenters. The van der Waals surface area contributed by atoms with Crippen LogP contribution in [-0.4, -0.2) is 37.2 Å². The molecular weight excluding hydrogens is 660 g/mol. The van der Waals surface area contributed by atoms with Crippen molar-refractivity contribution in [1.29, 1.82) is 0 Å². The molecule has 4 aromatic carbocycles. The number of nitro benzene ring substituents is 1. The van der Waals surface area contributed by atoms with Crippen LogP contribution in [0.4, 0.5) is 5.69 Å². The van der Waals surface area contributed by atoms with E-state index in [1.54, 1.807) is 61.5 Å². The van der Waals surface area contributed by atoms with Crippen molar-refractivity contribution in [2.45, 2.75) is 13.0 Å². The van der Waals surface area contributed by atoms with Gasteiger partial charge in [0.05, 0.1) is 29.2 Å². The minimum atomic E-state index is -0.834. The fourth-order valence-corrected chi connectivity index (χ4v) is 4.28. The Labute approximate surface area is 272 Å². The van der Waals surface area contributed by atoms with Crippen molar-refractivity contribution in [3.63, 3.8) is 0 Å². The Hall–Kier alpha value is -4.22. The maximum atomic E-state index is 11.6. The highest BCUT2D eigenvalue weighted by atomic mass is 35.5. The van der Waals surface area contributed by atoms with E-state index in [-0.39, 0.29) is 22.0 Å². The summed E-state index contributed by atoms with van der Waals surface area (Å²) in [7, 11) is 2.45. The molecule has 0 fully saturated rings. The average molecular weight is 683 g/mol. The summed E-state index contributed by atoms with van der Waals surface area (Å²) < 4.78 is 25.7. The summed E-state index contributed by atoms with van der Waals surface area (Å²) in [5.74, 6) is 0.857. The van der Waals surface area contributed by atoms with Gasteiger partial charge in [-0.1, -0.05) is 46.4 Å². The molecule has 230 valence electrons. The molecule has 1 unspecified atom stereocenters. The van der Waals surface area contributed by atoms with E-state index in [9.17, 15) is 19.7 Å². The highest BCUT2D eigenvalue weighted by Gasteiger charge is 2.22. The third-order valence-corrected chi connectivity index (χ3v) is 6.54. The molecule has 0 saturated carbocycles. The Morgan fingerprint density at radius 3 is 1.68 bits per heavy atom. The van der Waals surface area contributed by atoms with E-state index in [1.807, 2.05) is 0 Å². The van der Waals surface area contributed by atoms with Crippen LogP contribution < -0.4 is 14.2 Å². The monoisotopic (exact) mass is 681 g/mol. The molecule has 0 radical (unpaired) electrons. The predicted octanol–water partition coefficient (Wildman–Crippen LogP) is 9.21. The van der Waals surface area contributed by atoms with Gasteiger partial charge in [0.2, 0.25) is 0 Å². The van der Waals surface area contributed by atoms with Crippen LogP contribution in [0.25, 0.3) is 0 Å². The summed E-state index contributed by atoms with van der Waals surface area (Å²) in [6.45, 7) is 1.61. The van der Waals surface area contributed by atoms with Gasteiger partial charge in [-0.25, -0.2) is 9.59 Å². The number of hydrogen-bond donors (Lipinski definition) is 0. The lowest BCUT2D eigenvalue weighted by Crippen LogP contribution is -2.24. The number of nitrogens with zero attached hydrogens (tertiary/aromatic N) is 1. The van der Waals surface area contributed by atoms with Gasteiger partial charge < -0.3 is 23.7 Å². The first-order chi connectivity index (χ1) is 20.9. The maximum Gasteiger partial charge on any atom is 0.346 e. The zero-order valence-electron chi connectivity index (χ0n) is 23.2. The van der Waals surface area contributed by atoms with Gasteiger partial charge in [-0.2, -0.15) is 0 Å². The number of ether oxygens (including phenoxy) is 5. The van der Waals surface area contributed by atoms with Gasteiger partial charge in [0.1, 0.15) is 34.3 Å². The van der Waals surface area contributed by atoms with Crippen molar-refractivity contribution in [1.82, 2.24) is 0 Å². The van der Waals surface area contributed by atoms with Gasteiger partial charge in [0.25, 0.3) is 5.69 Å². The van der Waals surface area contributed by atoms with E-state index in [0.29, 0.717) is 38.1 Å². The van der Waals surface area contributed by atoms with E-state index in [0.717, 1.165) is 13.2 Å². The van der Waals surface area contributed by atoms with Crippen molar-refractivity contribution in [2.75, 3.05) is 14.2 Å². The quantitative estimate of drug-likeness (QED) is 0.0965. The van der Waals surface area contributed by atoms with Crippen LogP contribution in [0.3, 0.4) is 0 Å². The molecule has 0 saturated heterocycles. The third kappa shape index (κ3) is 9.65. The number of esters is 2. The Morgan fingerprint density at radius 1 is 0.705 bits per heavy atom. The molecule has 0 aliphatic heterocycles. The molecule has 14 heteroatoms. The van der Waals surface area contributed by atoms with Crippen LogP contribution in [0.1, 0.15) is 17.3 Å². The lowest BCUT2D eigenvalue weighted by Gasteiger charge is -2.13. The minimum Gasteiger partial charge on any atom is -0.479 e. The molecule has 0 amide bonds. The first-order valence-electron chi connectivity index (χ1n) is 12.4. The van der Waals surface area contributed by atoms with Crippen molar-refractivity contribution >= 4 is 64.0 Å². The van der Waals surface area contributed by atoms with Crippen molar-refractivity contribution in [3.05, 3.63) is 115 Å². The molecule has 10 nitrogen and oxygen atoms in total. The second-order valence-electron chi connectivity index (χ2n) is 8.54. The maximum absolute atomic E-state index is 11.6. The fourth-order valence-electron chi connectivity index (χ4n) is 3.39. The topological polar surface area (TPSA) is 123 Å². The number of nitro groups is 1. The van der Waals surface area contributed by atoms with Gasteiger partial charge >= 0.3 is 11.9 Å². The van der Waals surface area contributed by atoms with Crippen molar-refractivity contribution in [2.24, 2.45) is 0 Å². The zero-order chi connectivity index (χ0) is 32.4. The van der Waals surface area contributed by atoms with Gasteiger partial charge in [-0.15, -0.1) is 0 Å². The van der Waals surface area contributed by atoms with Crippen LogP contribution in [0.2, 0.25) is 20.1 Å². The smallest absolute Gasteiger partial charge is 0.346 e. The van der Waals surface area contributed by atoms with Crippen LogP contribution in [0.5, 0.6) is 28.7 Å². The highest BCUT2D eigenvalue weighted by molar-refractivity contribution is 6.36. The van der Waals surface area contributed by atoms with E-state index in [4.69, 9.17) is 60.6 Å². The zero-order valence-corrected chi connectivity index (χ0v) is 26.2. The van der Waals surface area contributed by atoms with E-state index >= 15 is 0 Å². The lowest BCUT2D eigenvalue weighted by molar-refractivity contribution is -0.385. The molecule has 44 heavy (non-hydrogen) atoms. The highest BCUT2D eigenvalue weighted by Crippen LogP contribution is 2.34. The largest absolute Gasteiger partial charge is 0.479 e. The number of rotatable bonds is 9. The molecule has 0 N–H and O–H groups in total. The second-order valence-corrected chi connectivity index (χ2v) is 10.2. The molecule has 0 aliphatic carbocycles. The van der Waals surface area contributed by atoms with Crippen LogP contribution >= 0.6 is 46.4 Å². The number of hydrogen-bond acceptors (Lipinski definition) is 9. The molecule has 4 aromatic rings. The van der Waals surface area contributed by atoms with Gasteiger partial charge in [0, 0.05) is 22.2 Å². The molecular formula is C30H23Cl4NO9. The summed E-state index contributed by atoms with van der Waals surface area (Å²) in [4.78, 5) is 33.2. The summed E-state index contributed by atoms with van der Waals surface area (Å²) in [5.41, 5.74) is -0.587. The summed E-state index contributed by atoms with van der Waals surface area (Å²) in [6.07, 6.45) is -0.678. The second kappa shape index (κ2) is 16.0. The van der Waals surface area contributed by atoms with Crippen molar-refractivity contribution in [3.8, 4) is 28.7 Å². The number of benzene rings is 4. The minimum absolute atomic E-state index is 0.204. The predicted molar refractivity (Wildman–Crippen MR) is 166 cm³/mol. The first-order valence-corrected chi connectivity index (χ1v) is 13.9. The standard InChI is InChI=1S/C16H14Cl2O4.C14H9Cl2NO5/c1-10(16(19)20-2)21-12-4-6-13(7-5-12)22-15-8-3-11(17)9-14(15)18;1-21-14(18)10-7-9(3-4-12(10)17(19)20)22-13-5-2-8(15)6-11(13)16/h3-10H,1-2H3;2-7H,1H3. The Morgan fingerprint density at radius 2 is 1.20 bits per heavy atom. The molecule has 0 spiro atoms. The SMILES string of the molecule is COC(=O)C(C)Oc1ccc(Oc2ccc(Cl)cc2Cl)cc1.COC(=O)c1cc(Oc2ccc(Cl)cc2Cl)ccc1[N+](=O)[O-]. The number of halogens is 4. The summed E-state index contributed by atoms with van der Waals surface area (Å²) >= 11 is 23.6. The van der Waals surface area contributed by atoms with E-state index in [2.05, 4.69) is 9.47 Å². The number of carbonyl (C=O) groups is 2. The molecule has 0 aliphatic rings. The normalized spacial score (nSPS) is 10.9. The molecule has 0 bridgehead atoms. The third-order valence-electron chi connectivity index (χ3n) is 5.48. The lowest BCUT2D eigenvalue weighted by atomic mass is 10.1. The van der Waals surface area contributed by atoms with E-state index in [1.165, 1.54) is 25.3 Å².